The second-order valence-electron chi connectivity index (χ2n) is 8.01. The van der Waals surface area contributed by atoms with Gasteiger partial charge in [-0.25, -0.2) is 4.98 Å². The zero-order valence-corrected chi connectivity index (χ0v) is 20.7. The minimum atomic E-state index is -0.838. The number of anilines is 1. The Morgan fingerprint density at radius 3 is 2.62 bits per heavy atom. The van der Waals surface area contributed by atoms with Gasteiger partial charge in [-0.2, -0.15) is 4.68 Å². The number of nitrogens with two attached hydrogens (primary N) is 1. The van der Waals surface area contributed by atoms with Crippen LogP contribution in [-0.2, 0) is 4.79 Å². The Morgan fingerprint density at radius 2 is 2.00 bits per heavy atom. The van der Waals surface area contributed by atoms with E-state index in [4.69, 9.17) is 22.1 Å². The minimum absolute atomic E-state index is 0.0710. The van der Waals surface area contributed by atoms with Crippen molar-refractivity contribution in [3.8, 4) is 22.6 Å². The number of aromatic nitrogens is 6. The number of pyridine rings is 2. The van der Waals surface area contributed by atoms with E-state index in [1.807, 2.05) is 6.92 Å². The van der Waals surface area contributed by atoms with Gasteiger partial charge in [-0.05, 0) is 47.2 Å². The molecule has 1 unspecified atom stereocenters. The summed E-state index contributed by atoms with van der Waals surface area (Å²) in [5.41, 5.74) is 6.83. The Bertz CT molecular complexity index is 1490. The van der Waals surface area contributed by atoms with Gasteiger partial charge in [-0.15, -0.1) is 5.10 Å². The number of hydrogen-bond acceptors (Lipinski definition) is 8. The molecule has 13 heteroatoms. The van der Waals surface area contributed by atoms with Crippen molar-refractivity contribution in [1.82, 2.24) is 29.8 Å². The second-order valence-corrected chi connectivity index (χ2v) is 8.44. The summed E-state index contributed by atoms with van der Waals surface area (Å²) in [5.74, 6) is -0.759. The van der Waals surface area contributed by atoms with Crippen LogP contribution < -0.4 is 21.3 Å². The summed E-state index contributed by atoms with van der Waals surface area (Å²) in [6.45, 7) is 1.91. The van der Waals surface area contributed by atoms with Gasteiger partial charge in [0.1, 0.15) is 23.8 Å². The molecule has 190 valence electrons. The second kappa shape index (κ2) is 11.0. The van der Waals surface area contributed by atoms with Gasteiger partial charge in [0.05, 0.1) is 30.9 Å². The molecule has 3 heterocycles. The molecule has 0 fully saturated rings. The Balaban J connectivity index is 1.73. The highest BCUT2D eigenvalue weighted by atomic mass is 35.5. The fraction of sp³-hybridized carbons (Fsp3) is 0.208. The van der Waals surface area contributed by atoms with Crippen molar-refractivity contribution in [1.29, 1.82) is 0 Å². The first-order chi connectivity index (χ1) is 17.8. The van der Waals surface area contributed by atoms with Crippen LogP contribution in [0.2, 0.25) is 5.02 Å². The van der Waals surface area contributed by atoms with Crippen LogP contribution in [0.25, 0.3) is 16.8 Å². The number of halogens is 1. The molecule has 0 saturated carbocycles. The van der Waals surface area contributed by atoms with Crippen LogP contribution in [0.15, 0.2) is 59.9 Å². The van der Waals surface area contributed by atoms with Crippen molar-refractivity contribution >= 4 is 29.1 Å². The number of methoxy groups -OCH3 is 1. The molecule has 0 aliphatic carbocycles. The predicted molar refractivity (Wildman–Crippen MR) is 136 cm³/mol. The van der Waals surface area contributed by atoms with Crippen molar-refractivity contribution in [2.24, 2.45) is 5.73 Å². The highest BCUT2D eigenvalue weighted by Gasteiger charge is 2.24. The monoisotopic (exact) mass is 522 g/mol. The third-order valence-corrected chi connectivity index (χ3v) is 5.83. The minimum Gasteiger partial charge on any atom is -0.495 e. The summed E-state index contributed by atoms with van der Waals surface area (Å²) in [6, 6.07) is 8.56. The van der Waals surface area contributed by atoms with Gasteiger partial charge in [0, 0.05) is 22.2 Å². The summed E-state index contributed by atoms with van der Waals surface area (Å²) in [4.78, 5) is 41.7. The Kier molecular flexibility index (Phi) is 7.58. The standard InChI is InChI=1S/C24H23ClN8O4/c1-3-4-20(24(36)29-15-6-7-18(23(26)35)27-11-15)32-12-21(37-2)17(10-22(32)34)16-9-14(25)5-8-19(16)33-13-28-30-31-33/h5-13,20H,3-4H2,1-2H3,(H2,26,35)(H,29,36). The van der Waals surface area contributed by atoms with E-state index in [-0.39, 0.29) is 5.69 Å². The molecule has 3 N–H and O–H groups in total. The highest BCUT2D eigenvalue weighted by molar-refractivity contribution is 6.31. The van der Waals surface area contributed by atoms with E-state index >= 15 is 0 Å². The van der Waals surface area contributed by atoms with Gasteiger partial charge in [-0.1, -0.05) is 24.9 Å². The molecule has 12 nitrogen and oxygen atoms in total. The molecule has 0 aliphatic heterocycles. The number of amides is 2. The van der Waals surface area contributed by atoms with Crippen LogP contribution in [0.4, 0.5) is 5.69 Å². The number of hydrogen-bond donors (Lipinski definition) is 2. The molecule has 1 aromatic carbocycles. The van der Waals surface area contributed by atoms with E-state index in [1.165, 1.54) is 53.3 Å². The van der Waals surface area contributed by atoms with Gasteiger partial charge in [0.25, 0.3) is 11.5 Å². The predicted octanol–water partition coefficient (Wildman–Crippen LogP) is 2.63. The van der Waals surface area contributed by atoms with Crippen molar-refractivity contribution in [3.63, 3.8) is 0 Å². The molecular formula is C24H23ClN8O4. The zero-order chi connectivity index (χ0) is 26.5. The number of nitrogens with one attached hydrogen (secondary N) is 1. The lowest BCUT2D eigenvalue weighted by Gasteiger charge is -2.21. The third-order valence-electron chi connectivity index (χ3n) is 5.59. The first-order valence-electron chi connectivity index (χ1n) is 11.2. The van der Waals surface area contributed by atoms with Crippen molar-refractivity contribution < 1.29 is 14.3 Å². The highest BCUT2D eigenvalue weighted by Crippen LogP contribution is 2.35. The number of benzene rings is 1. The summed E-state index contributed by atoms with van der Waals surface area (Å²) >= 11 is 6.26. The summed E-state index contributed by atoms with van der Waals surface area (Å²) < 4.78 is 8.39. The number of carbonyl (C=O) groups is 2. The van der Waals surface area contributed by atoms with Crippen LogP contribution in [0.3, 0.4) is 0 Å². The largest absolute Gasteiger partial charge is 0.495 e. The molecule has 4 rings (SSSR count). The molecule has 2 amide bonds. The Hall–Kier alpha value is -4.58. The summed E-state index contributed by atoms with van der Waals surface area (Å²) in [6.07, 6.45) is 5.26. The normalized spacial score (nSPS) is 11.6. The van der Waals surface area contributed by atoms with E-state index in [2.05, 4.69) is 25.8 Å². The topological polar surface area (TPSA) is 160 Å². The maximum atomic E-state index is 13.3. The molecule has 0 aliphatic rings. The molecule has 4 aromatic rings. The number of ether oxygens (including phenoxy) is 1. The van der Waals surface area contributed by atoms with Gasteiger partial charge in [0.15, 0.2) is 0 Å². The van der Waals surface area contributed by atoms with Crippen LogP contribution in [0.1, 0.15) is 36.3 Å². The first kappa shape index (κ1) is 25.5. The first-order valence-corrected chi connectivity index (χ1v) is 11.6. The molecule has 0 radical (unpaired) electrons. The van der Waals surface area contributed by atoms with Gasteiger partial charge in [-0.3, -0.25) is 19.0 Å². The Labute approximate surface area is 216 Å². The fourth-order valence-corrected chi connectivity index (χ4v) is 4.02. The molecular weight excluding hydrogens is 500 g/mol. The van der Waals surface area contributed by atoms with Crippen molar-refractivity contribution in [2.75, 3.05) is 12.4 Å². The van der Waals surface area contributed by atoms with E-state index in [0.29, 0.717) is 46.1 Å². The lowest BCUT2D eigenvalue weighted by molar-refractivity contribution is -0.119. The number of primary amides is 1. The van der Waals surface area contributed by atoms with Crippen LogP contribution in [-0.4, -0.2) is 48.7 Å². The molecule has 1 atom stereocenters. The summed E-state index contributed by atoms with van der Waals surface area (Å²) in [7, 11) is 1.47. The molecule has 3 aromatic heterocycles. The SMILES string of the molecule is CCCC(C(=O)Nc1ccc(C(N)=O)nc1)n1cc(OC)c(-c2cc(Cl)ccc2-n2cnnn2)cc1=O. The van der Waals surface area contributed by atoms with E-state index in [1.54, 1.807) is 18.2 Å². The lowest BCUT2D eigenvalue weighted by atomic mass is 10.0. The van der Waals surface area contributed by atoms with Gasteiger partial charge < -0.3 is 15.8 Å². The molecule has 37 heavy (non-hydrogen) atoms. The summed E-state index contributed by atoms with van der Waals surface area (Å²) in [5, 5.41) is 14.5. The quantitative estimate of drug-likeness (QED) is 0.339. The molecule has 0 spiro atoms. The van der Waals surface area contributed by atoms with Gasteiger partial charge in [0.2, 0.25) is 5.91 Å². The lowest BCUT2D eigenvalue weighted by Crippen LogP contribution is -2.33. The van der Waals surface area contributed by atoms with Crippen molar-refractivity contribution in [3.05, 3.63) is 76.2 Å². The average molecular weight is 523 g/mol. The van der Waals surface area contributed by atoms with Crippen LogP contribution in [0, 0.1) is 0 Å². The number of tetrazole rings is 1. The van der Waals surface area contributed by atoms with Gasteiger partial charge >= 0.3 is 0 Å². The average Bonchev–Trinajstić information content (AvgIpc) is 3.42. The maximum absolute atomic E-state index is 13.3. The number of carbonyl (C=O) groups excluding carboxylic acids is 2. The third kappa shape index (κ3) is 5.48. The van der Waals surface area contributed by atoms with Crippen LogP contribution >= 0.6 is 11.6 Å². The van der Waals surface area contributed by atoms with E-state index in [9.17, 15) is 14.4 Å². The fourth-order valence-electron chi connectivity index (χ4n) is 3.85. The number of nitrogens with zero attached hydrogens (tertiary/aromatic N) is 6. The van der Waals surface area contributed by atoms with Crippen molar-refractivity contribution in [2.45, 2.75) is 25.8 Å². The zero-order valence-electron chi connectivity index (χ0n) is 20.0. The Morgan fingerprint density at radius 1 is 1.19 bits per heavy atom. The maximum Gasteiger partial charge on any atom is 0.267 e. The molecule has 0 saturated heterocycles. The van der Waals surface area contributed by atoms with Crippen LogP contribution in [0.5, 0.6) is 5.75 Å². The number of rotatable bonds is 9. The van der Waals surface area contributed by atoms with E-state index in [0.717, 1.165) is 0 Å². The van der Waals surface area contributed by atoms with E-state index < -0.39 is 23.4 Å². The molecule has 0 bridgehead atoms. The smallest absolute Gasteiger partial charge is 0.267 e.